The van der Waals surface area contributed by atoms with E-state index >= 15 is 0 Å². The van der Waals surface area contributed by atoms with Gasteiger partial charge in [-0.1, -0.05) is 44.5 Å². The zero-order valence-corrected chi connectivity index (χ0v) is 16.0. The molecular formula is C18H23NO3S2. The van der Waals surface area contributed by atoms with Gasteiger partial charge in [-0.2, -0.15) is 0 Å². The molecule has 0 radical (unpaired) electrons. The van der Waals surface area contributed by atoms with Gasteiger partial charge in [0.1, 0.15) is 5.25 Å². The van der Waals surface area contributed by atoms with E-state index in [2.05, 4.69) is 5.32 Å². The van der Waals surface area contributed by atoms with E-state index in [0.29, 0.717) is 0 Å². The summed E-state index contributed by atoms with van der Waals surface area (Å²) in [5, 5.41) is 3.85. The maximum absolute atomic E-state index is 13.1. The summed E-state index contributed by atoms with van der Waals surface area (Å²) >= 11 is 1.38. The summed E-state index contributed by atoms with van der Waals surface area (Å²) in [5.74, 6) is -0.164. The lowest BCUT2D eigenvalue weighted by atomic mass is 9.96. The Bertz CT molecular complexity index is 786. The quantitative estimate of drug-likeness (QED) is 0.878. The van der Waals surface area contributed by atoms with E-state index in [1.807, 2.05) is 18.4 Å². The number of sulfone groups is 1. The molecule has 1 N–H and O–H groups in total. The van der Waals surface area contributed by atoms with Crippen LogP contribution in [-0.4, -0.2) is 20.9 Å². The molecule has 0 aliphatic carbocycles. The molecule has 1 heterocycles. The SMILES string of the molecule is Cc1ccc(S(=O)(=O)[C@@H](CNC(=O)C(C)(C)C)c2cccs2)cc1. The third kappa shape index (κ3) is 4.24. The van der Waals surface area contributed by atoms with E-state index in [-0.39, 0.29) is 17.3 Å². The summed E-state index contributed by atoms with van der Waals surface area (Å²) in [6.45, 7) is 7.38. The maximum atomic E-state index is 13.1. The summed E-state index contributed by atoms with van der Waals surface area (Å²) < 4.78 is 26.1. The van der Waals surface area contributed by atoms with Gasteiger partial charge in [-0.25, -0.2) is 8.42 Å². The van der Waals surface area contributed by atoms with Crippen molar-refractivity contribution in [1.82, 2.24) is 5.32 Å². The molecule has 0 aliphatic heterocycles. The molecule has 0 saturated heterocycles. The molecule has 1 amide bonds. The number of hydrogen-bond donors (Lipinski definition) is 1. The van der Waals surface area contributed by atoms with Crippen LogP contribution in [0, 0.1) is 12.3 Å². The average molecular weight is 366 g/mol. The number of rotatable bonds is 5. The zero-order valence-electron chi connectivity index (χ0n) is 14.4. The van der Waals surface area contributed by atoms with Crippen LogP contribution in [0.4, 0.5) is 0 Å². The highest BCUT2D eigenvalue weighted by molar-refractivity contribution is 7.91. The lowest BCUT2D eigenvalue weighted by Gasteiger charge is -2.22. The number of nitrogens with one attached hydrogen (secondary N) is 1. The van der Waals surface area contributed by atoms with Crippen LogP contribution in [0.25, 0.3) is 0 Å². The van der Waals surface area contributed by atoms with Crippen LogP contribution in [0.3, 0.4) is 0 Å². The molecule has 130 valence electrons. The van der Waals surface area contributed by atoms with Crippen LogP contribution in [0.5, 0.6) is 0 Å². The number of aryl methyl sites for hydroxylation is 1. The maximum Gasteiger partial charge on any atom is 0.225 e. The van der Waals surface area contributed by atoms with Crippen LogP contribution in [-0.2, 0) is 14.6 Å². The van der Waals surface area contributed by atoms with Gasteiger partial charge in [0.05, 0.1) is 4.90 Å². The van der Waals surface area contributed by atoms with Crippen molar-refractivity contribution >= 4 is 27.1 Å². The Kier molecular flexibility index (Phi) is 5.50. The molecule has 0 unspecified atom stereocenters. The third-order valence-corrected chi connectivity index (χ3v) is 6.95. The molecule has 0 aliphatic rings. The standard InChI is InChI=1S/C18H23NO3S2/c1-13-7-9-14(10-8-13)24(21,22)16(15-6-5-11-23-15)12-19-17(20)18(2,3)4/h5-11,16H,12H2,1-4H3,(H,19,20)/t16-/m0/s1. The van der Waals surface area contributed by atoms with Gasteiger partial charge < -0.3 is 5.32 Å². The van der Waals surface area contributed by atoms with Gasteiger partial charge in [-0.3, -0.25) is 4.79 Å². The highest BCUT2D eigenvalue weighted by Crippen LogP contribution is 2.31. The molecular weight excluding hydrogens is 342 g/mol. The van der Waals surface area contributed by atoms with Crippen LogP contribution in [0.2, 0.25) is 0 Å². The number of amides is 1. The Morgan fingerprint density at radius 1 is 1.17 bits per heavy atom. The van der Waals surface area contributed by atoms with Crippen LogP contribution < -0.4 is 5.32 Å². The second kappa shape index (κ2) is 7.07. The van der Waals surface area contributed by atoms with Crippen molar-refractivity contribution in [2.75, 3.05) is 6.54 Å². The topological polar surface area (TPSA) is 63.2 Å². The van der Waals surface area contributed by atoms with Crippen molar-refractivity contribution in [2.24, 2.45) is 5.41 Å². The fourth-order valence-corrected chi connectivity index (χ4v) is 4.96. The van der Waals surface area contributed by atoms with Crippen molar-refractivity contribution in [3.63, 3.8) is 0 Å². The zero-order chi connectivity index (χ0) is 18.0. The van der Waals surface area contributed by atoms with E-state index in [1.165, 1.54) is 11.3 Å². The normalized spacial score (nSPS) is 13.5. The van der Waals surface area contributed by atoms with Crippen LogP contribution in [0.15, 0.2) is 46.7 Å². The minimum absolute atomic E-state index is 0.0623. The molecule has 1 aromatic heterocycles. The molecule has 4 nitrogen and oxygen atoms in total. The van der Waals surface area contributed by atoms with Gasteiger partial charge in [-0.05, 0) is 30.5 Å². The highest BCUT2D eigenvalue weighted by atomic mass is 32.2. The van der Waals surface area contributed by atoms with Crippen molar-refractivity contribution in [1.29, 1.82) is 0 Å². The number of carbonyl (C=O) groups is 1. The number of carbonyl (C=O) groups excluding carboxylic acids is 1. The lowest BCUT2D eigenvalue weighted by molar-refractivity contribution is -0.128. The van der Waals surface area contributed by atoms with Gasteiger partial charge in [0, 0.05) is 16.8 Å². The van der Waals surface area contributed by atoms with E-state index in [4.69, 9.17) is 0 Å². The van der Waals surface area contributed by atoms with Crippen LogP contribution in [0.1, 0.15) is 36.5 Å². The van der Waals surface area contributed by atoms with Crippen LogP contribution >= 0.6 is 11.3 Å². The molecule has 1 aromatic carbocycles. The number of benzene rings is 1. The molecule has 24 heavy (non-hydrogen) atoms. The van der Waals surface area contributed by atoms with Gasteiger partial charge in [0.25, 0.3) is 0 Å². The Labute approximate surface area is 147 Å². The fraction of sp³-hybridized carbons (Fsp3) is 0.389. The Morgan fingerprint density at radius 2 is 1.79 bits per heavy atom. The Hall–Kier alpha value is -1.66. The van der Waals surface area contributed by atoms with Crippen molar-refractivity contribution < 1.29 is 13.2 Å². The smallest absolute Gasteiger partial charge is 0.225 e. The summed E-state index contributed by atoms with van der Waals surface area (Å²) in [7, 11) is -3.59. The van der Waals surface area contributed by atoms with Crippen molar-refractivity contribution in [3.05, 3.63) is 52.2 Å². The van der Waals surface area contributed by atoms with E-state index < -0.39 is 20.5 Å². The predicted molar refractivity (Wildman–Crippen MR) is 97.9 cm³/mol. The Morgan fingerprint density at radius 3 is 2.29 bits per heavy atom. The first-order valence-electron chi connectivity index (χ1n) is 7.74. The molecule has 6 heteroatoms. The first-order chi connectivity index (χ1) is 11.1. The van der Waals surface area contributed by atoms with Gasteiger partial charge >= 0.3 is 0 Å². The molecule has 0 fully saturated rings. The molecule has 0 spiro atoms. The summed E-state index contributed by atoms with van der Waals surface area (Å²) in [6.07, 6.45) is 0. The largest absolute Gasteiger partial charge is 0.354 e. The Balaban J connectivity index is 2.33. The minimum atomic E-state index is -3.59. The van der Waals surface area contributed by atoms with Crippen molar-refractivity contribution in [2.45, 2.75) is 37.8 Å². The number of hydrogen-bond acceptors (Lipinski definition) is 4. The third-order valence-electron chi connectivity index (χ3n) is 3.71. The molecule has 0 bridgehead atoms. The molecule has 0 saturated carbocycles. The lowest BCUT2D eigenvalue weighted by Crippen LogP contribution is -2.38. The summed E-state index contributed by atoms with van der Waals surface area (Å²) in [4.78, 5) is 13.1. The summed E-state index contributed by atoms with van der Waals surface area (Å²) in [5.41, 5.74) is 0.441. The minimum Gasteiger partial charge on any atom is -0.354 e. The van der Waals surface area contributed by atoms with Crippen molar-refractivity contribution in [3.8, 4) is 0 Å². The van der Waals surface area contributed by atoms with Gasteiger partial charge in [0.15, 0.2) is 9.84 Å². The second-order valence-corrected chi connectivity index (χ2v) is 9.93. The van der Waals surface area contributed by atoms with Gasteiger partial charge in [0.2, 0.25) is 5.91 Å². The average Bonchev–Trinajstić information content (AvgIpc) is 3.00. The van der Waals surface area contributed by atoms with E-state index in [0.717, 1.165) is 10.4 Å². The van der Waals surface area contributed by atoms with E-state index in [9.17, 15) is 13.2 Å². The summed E-state index contributed by atoms with van der Waals surface area (Å²) in [6, 6.07) is 10.4. The second-order valence-electron chi connectivity index (χ2n) is 6.82. The van der Waals surface area contributed by atoms with Gasteiger partial charge in [-0.15, -0.1) is 11.3 Å². The predicted octanol–water partition coefficient (Wildman–Crippen LogP) is 3.73. The highest BCUT2D eigenvalue weighted by Gasteiger charge is 2.31. The monoisotopic (exact) mass is 365 g/mol. The molecule has 1 atom stereocenters. The molecule has 2 aromatic rings. The first-order valence-corrected chi connectivity index (χ1v) is 10.2. The fourth-order valence-electron chi connectivity index (χ4n) is 2.18. The van der Waals surface area contributed by atoms with E-state index in [1.54, 1.807) is 51.1 Å². The number of thiophene rings is 1. The molecule has 2 rings (SSSR count). The first kappa shape index (κ1) is 18.7.